The third kappa shape index (κ3) is 3.24. The average Bonchev–Trinajstić information content (AvgIpc) is 2.93. The number of fused-ring (bicyclic) bond motifs is 1. The second-order valence-corrected chi connectivity index (χ2v) is 6.86. The van der Waals surface area contributed by atoms with Gasteiger partial charge in [-0.15, -0.1) is 11.6 Å². The molecule has 0 spiro atoms. The number of nitrogens with one attached hydrogen (secondary N) is 1. The standard InChI is InChI=1S/C17H17BrClNO/c18-15-7-6-11-8-13(5-4-12(11)9-15)17(21)20-16-3-1-2-14(16)10-19/h4-9,14,16H,1-3,10H2,(H,20,21). The SMILES string of the molecule is O=C(NC1CCCC1CCl)c1ccc2cc(Br)ccc2c1. The van der Waals surface area contributed by atoms with Crippen LogP contribution in [0.4, 0.5) is 0 Å². The lowest BCUT2D eigenvalue weighted by molar-refractivity contribution is 0.0930. The molecule has 21 heavy (non-hydrogen) atoms. The number of halogens is 2. The number of carbonyl (C=O) groups excluding carboxylic acids is 1. The molecule has 110 valence electrons. The number of alkyl halides is 1. The van der Waals surface area contributed by atoms with E-state index in [1.807, 2.05) is 30.3 Å². The minimum atomic E-state index is 0.00170. The maximum Gasteiger partial charge on any atom is 0.251 e. The fraction of sp³-hybridized carbons (Fsp3) is 0.353. The molecule has 1 fully saturated rings. The van der Waals surface area contributed by atoms with Crippen molar-refractivity contribution in [3.05, 3.63) is 46.4 Å². The predicted molar refractivity (Wildman–Crippen MR) is 91.0 cm³/mol. The van der Waals surface area contributed by atoms with E-state index in [4.69, 9.17) is 11.6 Å². The highest BCUT2D eigenvalue weighted by molar-refractivity contribution is 9.10. The van der Waals surface area contributed by atoms with E-state index in [0.29, 0.717) is 17.4 Å². The van der Waals surface area contributed by atoms with Crippen LogP contribution in [0.25, 0.3) is 10.8 Å². The number of carbonyl (C=O) groups is 1. The zero-order chi connectivity index (χ0) is 14.8. The lowest BCUT2D eigenvalue weighted by Gasteiger charge is -2.19. The molecule has 1 amide bonds. The Morgan fingerprint density at radius 3 is 2.76 bits per heavy atom. The predicted octanol–water partition coefficient (Wildman–Crippen LogP) is 4.74. The topological polar surface area (TPSA) is 29.1 Å². The van der Waals surface area contributed by atoms with Gasteiger partial charge in [-0.1, -0.05) is 34.5 Å². The smallest absolute Gasteiger partial charge is 0.251 e. The van der Waals surface area contributed by atoms with E-state index in [1.165, 1.54) is 0 Å². The van der Waals surface area contributed by atoms with Crippen LogP contribution in [0.2, 0.25) is 0 Å². The summed E-state index contributed by atoms with van der Waals surface area (Å²) >= 11 is 9.43. The van der Waals surface area contributed by atoms with Gasteiger partial charge in [-0.2, -0.15) is 0 Å². The van der Waals surface area contributed by atoms with Crippen molar-refractivity contribution in [2.24, 2.45) is 5.92 Å². The summed E-state index contributed by atoms with van der Waals surface area (Å²) in [5.41, 5.74) is 0.713. The normalized spacial score (nSPS) is 21.6. The van der Waals surface area contributed by atoms with Crippen molar-refractivity contribution in [3.8, 4) is 0 Å². The fourth-order valence-corrected chi connectivity index (χ4v) is 3.77. The molecule has 1 N–H and O–H groups in total. The van der Waals surface area contributed by atoms with Crippen molar-refractivity contribution >= 4 is 44.2 Å². The third-order valence-corrected chi connectivity index (χ3v) is 5.13. The molecule has 0 heterocycles. The largest absolute Gasteiger partial charge is 0.349 e. The molecule has 4 heteroatoms. The summed E-state index contributed by atoms with van der Waals surface area (Å²) in [5.74, 6) is 1.03. The fourth-order valence-electron chi connectivity index (χ4n) is 3.02. The van der Waals surface area contributed by atoms with Crippen LogP contribution in [0.15, 0.2) is 40.9 Å². The van der Waals surface area contributed by atoms with Gasteiger partial charge in [0.05, 0.1) is 0 Å². The monoisotopic (exact) mass is 365 g/mol. The summed E-state index contributed by atoms with van der Waals surface area (Å²) < 4.78 is 1.04. The van der Waals surface area contributed by atoms with E-state index in [9.17, 15) is 4.79 Å². The first kappa shape index (κ1) is 14.9. The summed E-state index contributed by atoms with van der Waals surface area (Å²) in [5, 5.41) is 5.34. The van der Waals surface area contributed by atoms with Crippen molar-refractivity contribution in [1.29, 1.82) is 0 Å². The van der Waals surface area contributed by atoms with Crippen LogP contribution in [-0.4, -0.2) is 17.8 Å². The van der Waals surface area contributed by atoms with Crippen LogP contribution < -0.4 is 5.32 Å². The van der Waals surface area contributed by atoms with Crippen LogP contribution in [0.5, 0.6) is 0 Å². The molecule has 0 bridgehead atoms. The van der Waals surface area contributed by atoms with Crippen LogP contribution in [-0.2, 0) is 0 Å². The Morgan fingerprint density at radius 2 is 1.95 bits per heavy atom. The third-order valence-electron chi connectivity index (χ3n) is 4.24. The van der Waals surface area contributed by atoms with Gasteiger partial charge >= 0.3 is 0 Å². The first-order chi connectivity index (χ1) is 10.2. The molecule has 0 aromatic heterocycles. The second-order valence-electron chi connectivity index (χ2n) is 5.63. The molecule has 1 aliphatic carbocycles. The minimum absolute atomic E-state index is 0.00170. The molecule has 2 aromatic carbocycles. The highest BCUT2D eigenvalue weighted by atomic mass is 79.9. The van der Waals surface area contributed by atoms with Gasteiger partial charge in [0.25, 0.3) is 5.91 Å². The zero-order valence-electron chi connectivity index (χ0n) is 11.6. The van der Waals surface area contributed by atoms with Gasteiger partial charge < -0.3 is 5.32 Å². The molecule has 1 saturated carbocycles. The van der Waals surface area contributed by atoms with Crippen molar-refractivity contribution in [2.45, 2.75) is 25.3 Å². The molecule has 2 aromatic rings. The molecule has 1 aliphatic rings. The average molecular weight is 367 g/mol. The lowest BCUT2D eigenvalue weighted by atomic mass is 10.0. The first-order valence-electron chi connectivity index (χ1n) is 7.23. The molecule has 2 atom stereocenters. The van der Waals surface area contributed by atoms with Crippen molar-refractivity contribution in [3.63, 3.8) is 0 Å². The first-order valence-corrected chi connectivity index (χ1v) is 8.56. The Hall–Kier alpha value is -1.06. The van der Waals surface area contributed by atoms with E-state index in [2.05, 4.69) is 27.3 Å². The lowest BCUT2D eigenvalue weighted by Crippen LogP contribution is -2.37. The summed E-state index contributed by atoms with van der Waals surface area (Å²) in [6.45, 7) is 0. The van der Waals surface area contributed by atoms with Gasteiger partial charge in [0.1, 0.15) is 0 Å². The van der Waals surface area contributed by atoms with Crippen molar-refractivity contribution in [2.75, 3.05) is 5.88 Å². The number of hydrogen-bond donors (Lipinski definition) is 1. The van der Waals surface area contributed by atoms with Gasteiger partial charge in [0, 0.05) is 22.0 Å². The van der Waals surface area contributed by atoms with Crippen LogP contribution in [0.3, 0.4) is 0 Å². The van der Waals surface area contributed by atoms with Crippen molar-refractivity contribution < 1.29 is 4.79 Å². The summed E-state index contributed by atoms with van der Waals surface area (Å²) in [6, 6.07) is 12.1. The Balaban J connectivity index is 1.79. The Kier molecular flexibility index (Phi) is 4.51. The highest BCUT2D eigenvalue weighted by Gasteiger charge is 2.27. The number of amides is 1. The molecule has 0 radical (unpaired) electrons. The molecule has 0 saturated heterocycles. The number of benzene rings is 2. The van der Waals surface area contributed by atoms with Gasteiger partial charge in [-0.3, -0.25) is 4.79 Å². The van der Waals surface area contributed by atoms with Crippen LogP contribution >= 0.6 is 27.5 Å². The molecule has 3 rings (SSSR count). The number of hydrogen-bond acceptors (Lipinski definition) is 1. The maximum atomic E-state index is 12.4. The Bertz CT molecular complexity index is 673. The van der Waals surface area contributed by atoms with E-state index in [1.54, 1.807) is 0 Å². The highest BCUT2D eigenvalue weighted by Crippen LogP contribution is 2.27. The van der Waals surface area contributed by atoms with Crippen LogP contribution in [0.1, 0.15) is 29.6 Å². The van der Waals surface area contributed by atoms with Gasteiger partial charge in [-0.25, -0.2) is 0 Å². The maximum absolute atomic E-state index is 12.4. The minimum Gasteiger partial charge on any atom is -0.349 e. The van der Waals surface area contributed by atoms with Crippen molar-refractivity contribution in [1.82, 2.24) is 5.32 Å². The molecular weight excluding hydrogens is 350 g/mol. The molecule has 2 unspecified atom stereocenters. The van der Waals surface area contributed by atoms with E-state index >= 15 is 0 Å². The summed E-state index contributed by atoms with van der Waals surface area (Å²) in [7, 11) is 0. The molecular formula is C17H17BrClNO. The number of rotatable bonds is 3. The van der Waals surface area contributed by atoms with Crippen LogP contribution in [0, 0.1) is 5.92 Å². The summed E-state index contributed by atoms with van der Waals surface area (Å²) in [4.78, 5) is 12.4. The molecule has 2 nitrogen and oxygen atoms in total. The Morgan fingerprint density at radius 1 is 1.19 bits per heavy atom. The van der Waals surface area contributed by atoms with E-state index in [0.717, 1.165) is 34.5 Å². The Labute approximate surface area is 138 Å². The quantitative estimate of drug-likeness (QED) is 0.781. The van der Waals surface area contributed by atoms with Gasteiger partial charge in [-0.05, 0) is 53.8 Å². The molecule has 0 aliphatic heterocycles. The van der Waals surface area contributed by atoms with E-state index < -0.39 is 0 Å². The second kappa shape index (κ2) is 6.37. The van der Waals surface area contributed by atoms with Gasteiger partial charge in [0.15, 0.2) is 0 Å². The zero-order valence-corrected chi connectivity index (χ0v) is 14.0. The van der Waals surface area contributed by atoms with E-state index in [-0.39, 0.29) is 11.9 Å². The summed E-state index contributed by atoms with van der Waals surface area (Å²) in [6.07, 6.45) is 3.29. The van der Waals surface area contributed by atoms with Gasteiger partial charge in [0.2, 0.25) is 0 Å².